The van der Waals surface area contributed by atoms with Crippen molar-refractivity contribution in [1.82, 2.24) is 0 Å². The van der Waals surface area contributed by atoms with E-state index in [4.69, 9.17) is 11.0 Å². The summed E-state index contributed by atoms with van der Waals surface area (Å²) in [5.74, 6) is 0. The number of rotatable bonds is 4. The summed E-state index contributed by atoms with van der Waals surface area (Å²) in [5, 5.41) is 21.7. The maximum absolute atomic E-state index is 9.49. The SMILES string of the molecule is N#Cc1cc(N)ccc1NC(CO)c1ccccc1. The molecule has 0 heterocycles. The van der Waals surface area contributed by atoms with Crippen LogP contribution in [-0.2, 0) is 0 Å². The number of nitrogens with one attached hydrogen (secondary N) is 1. The van der Waals surface area contributed by atoms with Gasteiger partial charge in [0.2, 0.25) is 0 Å². The number of hydrogen-bond donors (Lipinski definition) is 3. The molecule has 0 aromatic heterocycles. The lowest BCUT2D eigenvalue weighted by Crippen LogP contribution is -2.15. The van der Waals surface area contributed by atoms with Gasteiger partial charge in [0.15, 0.2) is 0 Å². The van der Waals surface area contributed by atoms with E-state index in [-0.39, 0.29) is 12.6 Å². The van der Waals surface area contributed by atoms with Crippen molar-refractivity contribution in [2.75, 3.05) is 17.7 Å². The van der Waals surface area contributed by atoms with Crippen LogP contribution in [0.4, 0.5) is 11.4 Å². The summed E-state index contributed by atoms with van der Waals surface area (Å²) in [6.07, 6.45) is 0. The lowest BCUT2D eigenvalue weighted by molar-refractivity contribution is 0.276. The molecule has 0 radical (unpaired) electrons. The summed E-state index contributed by atoms with van der Waals surface area (Å²) >= 11 is 0. The maximum Gasteiger partial charge on any atom is 0.101 e. The van der Waals surface area contributed by atoms with Crippen molar-refractivity contribution < 1.29 is 5.11 Å². The second-order valence-corrected chi connectivity index (χ2v) is 4.21. The molecule has 1 atom stereocenters. The Labute approximate surface area is 112 Å². The van der Waals surface area contributed by atoms with Gasteiger partial charge in [-0.15, -0.1) is 0 Å². The first-order valence-electron chi connectivity index (χ1n) is 5.96. The van der Waals surface area contributed by atoms with Crippen molar-refractivity contribution in [3.8, 4) is 6.07 Å². The van der Waals surface area contributed by atoms with E-state index >= 15 is 0 Å². The van der Waals surface area contributed by atoms with E-state index < -0.39 is 0 Å². The van der Waals surface area contributed by atoms with Crippen molar-refractivity contribution in [3.63, 3.8) is 0 Å². The molecule has 4 heteroatoms. The van der Waals surface area contributed by atoms with Crippen LogP contribution in [0, 0.1) is 11.3 Å². The first-order chi connectivity index (χ1) is 9.24. The van der Waals surface area contributed by atoms with Gasteiger partial charge in [-0.1, -0.05) is 30.3 Å². The van der Waals surface area contributed by atoms with Gasteiger partial charge in [-0.05, 0) is 23.8 Å². The Morgan fingerprint density at radius 3 is 2.58 bits per heavy atom. The highest BCUT2D eigenvalue weighted by Crippen LogP contribution is 2.23. The minimum absolute atomic E-state index is 0.0563. The molecular weight excluding hydrogens is 238 g/mol. The van der Waals surface area contributed by atoms with Gasteiger partial charge in [-0.2, -0.15) is 5.26 Å². The predicted molar refractivity (Wildman–Crippen MR) is 75.5 cm³/mol. The third-order valence-electron chi connectivity index (χ3n) is 2.88. The van der Waals surface area contributed by atoms with Crippen LogP contribution in [-0.4, -0.2) is 11.7 Å². The molecule has 4 nitrogen and oxygen atoms in total. The molecule has 0 aliphatic carbocycles. The normalized spacial score (nSPS) is 11.6. The lowest BCUT2D eigenvalue weighted by atomic mass is 10.1. The molecule has 19 heavy (non-hydrogen) atoms. The molecule has 0 fully saturated rings. The van der Waals surface area contributed by atoms with Gasteiger partial charge in [-0.25, -0.2) is 0 Å². The Kier molecular flexibility index (Phi) is 4.01. The van der Waals surface area contributed by atoms with E-state index in [1.54, 1.807) is 18.2 Å². The number of hydrogen-bond acceptors (Lipinski definition) is 4. The summed E-state index contributed by atoms with van der Waals surface area (Å²) in [5.41, 5.74) is 8.29. The molecule has 0 saturated heterocycles. The average Bonchev–Trinajstić information content (AvgIpc) is 2.46. The largest absolute Gasteiger partial charge is 0.399 e. The highest BCUT2D eigenvalue weighted by molar-refractivity contribution is 5.63. The van der Waals surface area contributed by atoms with Crippen molar-refractivity contribution in [2.24, 2.45) is 0 Å². The number of benzene rings is 2. The van der Waals surface area contributed by atoms with Gasteiger partial charge < -0.3 is 16.2 Å². The molecule has 4 N–H and O–H groups in total. The van der Waals surface area contributed by atoms with Crippen LogP contribution >= 0.6 is 0 Å². The van der Waals surface area contributed by atoms with Crippen molar-refractivity contribution in [2.45, 2.75) is 6.04 Å². The van der Waals surface area contributed by atoms with Crippen molar-refractivity contribution in [1.29, 1.82) is 5.26 Å². The van der Waals surface area contributed by atoms with E-state index in [0.717, 1.165) is 5.56 Å². The van der Waals surface area contributed by atoms with Crippen LogP contribution in [0.5, 0.6) is 0 Å². The minimum Gasteiger partial charge on any atom is -0.399 e. The van der Waals surface area contributed by atoms with Gasteiger partial charge in [0.1, 0.15) is 6.07 Å². The van der Waals surface area contributed by atoms with E-state index in [1.165, 1.54) is 0 Å². The molecule has 1 unspecified atom stereocenters. The van der Waals surface area contributed by atoms with Crippen LogP contribution < -0.4 is 11.1 Å². The molecule has 2 rings (SSSR count). The van der Waals surface area contributed by atoms with Crippen LogP contribution in [0.2, 0.25) is 0 Å². The molecule has 0 saturated carbocycles. The molecule has 0 amide bonds. The number of nitrogen functional groups attached to an aromatic ring is 1. The second-order valence-electron chi connectivity index (χ2n) is 4.21. The fraction of sp³-hybridized carbons (Fsp3) is 0.133. The van der Waals surface area contributed by atoms with E-state index in [1.807, 2.05) is 30.3 Å². The molecule has 0 bridgehead atoms. The smallest absolute Gasteiger partial charge is 0.101 e. The van der Waals surface area contributed by atoms with Crippen LogP contribution in [0.15, 0.2) is 48.5 Å². The quantitative estimate of drug-likeness (QED) is 0.730. The van der Waals surface area contributed by atoms with Gasteiger partial charge >= 0.3 is 0 Å². The Balaban J connectivity index is 2.27. The van der Waals surface area contributed by atoms with Crippen LogP contribution in [0.25, 0.3) is 0 Å². The molecule has 96 valence electrons. The minimum atomic E-state index is -0.253. The number of anilines is 2. The Bertz CT molecular complexity index is 590. The predicted octanol–water partition coefficient (Wildman–Crippen LogP) is 2.29. The zero-order valence-corrected chi connectivity index (χ0v) is 10.4. The third-order valence-corrected chi connectivity index (χ3v) is 2.88. The standard InChI is InChI=1S/C15H15N3O/c16-9-12-8-13(17)6-7-14(12)18-15(10-19)11-4-2-1-3-5-11/h1-8,15,18-19H,10,17H2. The van der Waals surface area contributed by atoms with E-state index in [2.05, 4.69) is 11.4 Å². The fourth-order valence-corrected chi connectivity index (χ4v) is 1.89. The first-order valence-corrected chi connectivity index (χ1v) is 5.96. The maximum atomic E-state index is 9.49. The molecule has 2 aromatic rings. The Morgan fingerprint density at radius 1 is 1.21 bits per heavy atom. The molecular formula is C15H15N3O. The second kappa shape index (κ2) is 5.89. The number of nitrogens with zero attached hydrogens (tertiary/aromatic N) is 1. The highest BCUT2D eigenvalue weighted by atomic mass is 16.3. The number of aliphatic hydroxyl groups excluding tert-OH is 1. The Hall–Kier alpha value is -2.51. The van der Waals surface area contributed by atoms with Gasteiger partial charge in [0.05, 0.1) is 23.9 Å². The molecule has 2 aromatic carbocycles. The number of aliphatic hydroxyl groups is 1. The average molecular weight is 253 g/mol. The molecule has 0 aliphatic rings. The summed E-state index contributed by atoms with van der Waals surface area (Å²) in [7, 11) is 0. The van der Waals surface area contributed by atoms with E-state index in [0.29, 0.717) is 16.9 Å². The fourth-order valence-electron chi connectivity index (χ4n) is 1.89. The molecule has 0 aliphatic heterocycles. The Morgan fingerprint density at radius 2 is 1.95 bits per heavy atom. The zero-order valence-electron chi connectivity index (χ0n) is 10.4. The lowest BCUT2D eigenvalue weighted by Gasteiger charge is -2.19. The first kappa shape index (κ1) is 12.9. The van der Waals surface area contributed by atoms with Crippen LogP contribution in [0.1, 0.15) is 17.2 Å². The van der Waals surface area contributed by atoms with E-state index in [9.17, 15) is 5.11 Å². The van der Waals surface area contributed by atoms with Crippen LogP contribution in [0.3, 0.4) is 0 Å². The van der Waals surface area contributed by atoms with Crippen molar-refractivity contribution >= 4 is 11.4 Å². The summed E-state index contributed by atoms with van der Waals surface area (Å²) < 4.78 is 0. The summed E-state index contributed by atoms with van der Waals surface area (Å²) in [6, 6.07) is 16.5. The van der Waals surface area contributed by atoms with Gasteiger partial charge in [0, 0.05) is 5.69 Å². The van der Waals surface area contributed by atoms with Gasteiger partial charge in [0.25, 0.3) is 0 Å². The van der Waals surface area contributed by atoms with Crippen molar-refractivity contribution in [3.05, 3.63) is 59.7 Å². The number of nitrogens with two attached hydrogens (primary N) is 1. The summed E-state index contributed by atoms with van der Waals surface area (Å²) in [6.45, 7) is -0.0563. The number of nitriles is 1. The topological polar surface area (TPSA) is 82.1 Å². The summed E-state index contributed by atoms with van der Waals surface area (Å²) in [4.78, 5) is 0. The third kappa shape index (κ3) is 3.03. The highest BCUT2D eigenvalue weighted by Gasteiger charge is 2.12. The molecule has 0 spiro atoms. The monoisotopic (exact) mass is 253 g/mol. The zero-order chi connectivity index (χ0) is 13.7. The van der Waals surface area contributed by atoms with Gasteiger partial charge in [-0.3, -0.25) is 0 Å².